The van der Waals surface area contributed by atoms with Crippen LogP contribution in [-0.2, 0) is 4.79 Å². The van der Waals surface area contributed by atoms with Gasteiger partial charge in [0.15, 0.2) is 0 Å². The van der Waals surface area contributed by atoms with Crippen molar-refractivity contribution in [2.24, 2.45) is 17.1 Å². The first-order chi connectivity index (χ1) is 8.14. The molecule has 18 heavy (non-hydrogen) atoms. The van der Waals surface area contributed by atoms with Crippen molar-refractivity contribution in [2.45, 2.75) is 65.0 Å². The summed E-state index contributed by atoms with van der Waals surface area (Å²) in [4.78, 5) is 11.9. The second-order valence-electron chi connectivity index (χ2n) is 6.99. The Morgan fingerprint density at radius 2 is 2.17 bits per heavy atom. The predicted octanol–water partition coefficient (Wildman–Crippen LogP) is 1.42. The van der Waals surface area contributed by atoms with E-state index in [4.69, 9.17) is 5.73 Å². The monoisotopic (exact) mass is 256 g/mol. The van der Waals surface area contributed by atoms with Crippen LogP contribution in [0.25, 0.3) is 0 Å². The quantitative estimate of drug-likeness (QED) is 0.715. The Bertz CT molecular complexity index is 299. The van der Waals surface area contributed by atoms with E-state index in [1.165, 1.54) is 0 Å². The van der Waals surface area contributed by atoms with E-state index in [-0.39, 0.29) is 11.3 Å². The number of hydrogen-bond donors (Lipinski definition) is 3. The topological polar surface area (TPSA) is 75.3 Å². The number of hydrogen-bond acceptors (Lipinski definition) is 3. The Balaban J connectivity index is 2.47. The first-order valence-corrected chi connectivity index (χ1v) is 6.90. The summed E-state index contributed by atoms with van der Waals surface area (Å²) in [6.07, 6.45) is 3.72. The second kappa shape index (κ2) is 5.57. The van der Waals surface area contributed by atoms with Gasteiger partial charge in [0.25, 0.3) is 0 Å². The van der Waals surface area contributed by atoms with Crippen LogP contribution in [0, 0.1) is 11.3 Å². The number of aliphatic hydroxyl groups is 1. The summed E-state index contributed by atoms with van der Waals surface area (Å²) < 4.78 is 0. The van der Waals surface area contributed by atoms with Crippen LogP contribution < -0.4 is 11.1 Å². The number of carbonyl (C=O) groups excluding carboxylic acids is 1. The highest BCUT2D eigenvalue weighted by Crippen LogP contribution is 2.31. The molecule has 0 heterocycles. The van der Waals surface area contributed by atoms with Gasteiger partial charge in [0.05, 0.1) is 11.6 Å². The maximum atomic E-state index is 11.9. The Morgan fingerprint density at radius 1 is 1.56 bits per heavy atom. The van der Waals surface area contributed by atoms with Gasteiger partial charge in [-0.25, -0.2) is 0 Å². The van der Waals surface area contributed by atoms with Gasteiger partial charge in [-0.3, -0.25) is 4.79 Å². The molecule has 1 rings (SSSR count). The summed E-state index contributed by atoms with van der Waals surface area (Å²) in [7, 11) is 0. The summed E-state index contributed by atoms with van der Waals surface area (Å²) in [5, 5.41) is 13.2. The van der Waals surface area contributed by atoms with Gasteiger partial charge in [-0.2, -0.15) is 0 Å². The molecule has 4 nitrogen and oxygen atoms in total. The van der Waals surface area contributed by atoms with Gasteiger partial charge in [0, 0.05) is 6.54 Å². The number of rotatable bonds is 3. The minimum Gasteiger partial charge on any atom is -0.388 e. The highest BCUT2D eigenvalue weighted by Gasteiger charge is 2.34. The lowest BCUT2D eigenvalue weighted by atomic mass is 9.78. The fourth-order valence-corrected chi connectivity index (χ4v) is 2.55. The van der Waals surface area contributed by atoms with Crippen LogP contribution in [0.3, 0.4) is 0 Å². The van der Waals surface area contributed by atoms with Crippen molar-refractivity contribution >= 4 is 5.91 Å². The SMILES string of the molecule is CC1CCCC(O)(CNC(=O)[C@H](N)C(C)(C)C)C1. The Morgan fingerprint density at radius 3 is 2.67 bits per heavy atom. The van der Waals surface area contributed by atoms with Gasteiger partial charge < -0.3 is 16.2 Å². The minimum atomic E-state index is -0.745. The van der Waals surface area contributed by atoms with Crippen LogP contribution in [0.5, 0.6) is 0 Å². The molecule has 0 aliphatic heterocycles. The van der Waals surface area contributed by atoms with Crippen molar-refractivity contribution < 1.29 is 9.90 Å². The molecule has 0 saturated heterocycles. The Labute approximate surface area is 110 Å². The smallest absolute Gasteiger partial charge is 0.237 e. The molecule has 106 valence electrons. The van der Waals surface area contributed by atoms with Gasteiger partial charge in [-0.05, 0) is 24.2 Å². The molecule has 4 heteroatoms. The third-order valence-electron chi connectivity index (χ3n) is 3.87. The molecular formula is C14H28N2O2. The summed E-state index contributed by atoms with van der Waals surface area (Å²) in [5.74, 6) is 0.353. The van der Waals surface area contributed by atoms with Crippen LogP contribution in [0.2, 0.25) is 0 Å². The molecule has 4 N–H and O–H groups in total. The molecule has 1 aliphatic carbocycles. The van der Waals surface area contributed by atoms with E-state index in [1.807, 2.05) is 20.8 Å². The van der Waals surface area contributed by atoms with Crippen molar-refractivity contribution in [1.29, 1.82) is 0 Å². The van der Waals surface area contributed by atoms with E-state index in [0.717, 1.165) is 25.7 Å². The first-order valence-electron chi connectivity index (χ1n) is 6.90. The molecule has 1 amide bonds. The van der Waals surface area contributed by atoms with Crippen LogP contribution in [-0.4, -0.2) is 29.2 Å². The van der Waals surface area contributed by atoms with E-state index in [0.29, 0.717) is 12.5 Å². The molecule has 2 unspecified atom stereocenters. The van der Waals surface area contributed by atoms with Crippen molar-refractivity contribution in [3.05, 3.63) is 0 Å². The standard InChI is InChI=1S/C14H28N2O2/c1-10-6-5-7-14(18,8-10)9-16-12(17)11(15)13(2,3)4/h10-11,18H,5-9,15H2,1-4H3,(H,16,17)/t10?,11-,14?/m0/s1. The molecule has 1 saturated carbocycles. The fraction of sp³-hybridized carbons (Fsp3) is 0.929. The van der Waals surface area contributed by atoms with Crippen LogP contribution in [0.1, 0.15) is 53.4 Å². The normalized spacial score (nSPS) is 30.9. The molecule has 0 radical (unpaired) electrons. The Hall–Kier alpha value is -0.610. The molecule has 0 aromatic carbocycles. The first kappa shape index (κ1) is 15.4. The third kappa shape index (κ3) is 4.25. The predicted molar refractivity (Wildman–Crippen MR) is 73.0 cm³/mol. The summed E-state index contributed by atoms with van der Waals surface area (Å²) >= 11 is 0. The summed E-state index contributed by atoms with van der Waals surface area (Å²) in [6, 6.07) is -0.540. The minimum absolute atomic E-state index is 0.172. The number of carbonyl (C=O) groups is 1. The number of nitrogens with two attached hydrogens (primary N) is 1. The van der Waals surface area contributed by atoms with Gasteiger partial charge in [0.2, 0.25) is 5.91 Å². The van der Waals surface area contributed by atoms with E-state index >= 15 is 0 Å². The maximum absolute atomic E-state index is 11.9. The van der Waals surface area contributed by atoms with E-state index in [9.17, 15) is 9.90 Å². The molecule has 0 aromatic rings. The van der Waals surface area contributed by atoms with Gasteiger partial charge >= 0.3 is 0 Å². The van der Waals surface area contributed by atoms with Crippen molar-refractivity contribution in [2.75, 3.05) is 6.54 Å². The molecule has 1 aliphatic rings. The third-order valence-corrected chi connectivity index (χ3v) is 3.87. The van der Waals surface area contributed by atoms with Gasteiger partial charge in [0.1, 0.15) is 0 Å². The van der Waals surface area contributed by atoms with Crippen LogP contribution >= 0.6 is 0 Å². The zero-order chi connectivity index (χ0) is 14.0. The highest BCUT2D eigenvalue weighted by atomic mass is 16.3. The summed E-state index contributed by atoms with van der Waals surface area (Å²) in [6.45, 7) is 8.28. The van der Waals surface area contributed by atoms with E-state index in [2.05, 4.69) is 12.2 Å². The average molecular weight is 256 g/mol. The number of nitrogens with one attached hydrogen (secondary N) is 1. The van der Waals surface area contributed by atoms with Crippen LogP contribution in [0.15, 0.2) is 0 Å². The van der Waals surface area contributed by atoms with Gasteiger partial charge in [-0.1, -0.05) is 40.5 Å². The zero-order valence-corrected chi connectivity index (χ0v) is 12.1. The molecule has 3 atom stereocenters. The molecule has 0 spiro atoms. The lowest BCUT2D eigenvalue weighted by Crippen LogP contribution is -2.53. The highest BCUT2D eigenvalue weighted by molar-refractivity contribution is 5.82. The molecular weight excluding hydrogens is 228 g/mol. The van der Waals surface area contributed by atoms with E-state index in [1.54, 1.807) is 0 Å². The summed E-state index contributed by atoms with van der Waals surface area (Å²) in [5.41, 5.74) is 4.88. The Kier molecular flexibility index (Phi) is 4.78. The number of amides is 1. The molecule has 0 aromatic heterocycles. The largest absolute Gasteiger partial charge is 0.388 e. The zero-order valence-electron chi connectivity index (χ0n) is 12.1. The van der Waals surface area contributed by atoms with Crippen molar-refractivity contribution in [3.8, 4) is 0 Å². The fourth-order valence-electron chi connectivity index (χ4n) is 2.55. The lowest BCUT2D eigenvalue weighted by Gasteiger charge is -2.36. The molecule has 1 fully saturated rings. The maximum Gasteiger partial charge on any atom is 0.237 e. The van der Waals surface area contributed by atoms with Crippen molar-refractivity contribution in [3.63, 3.8) is 0 Å². The van der Waals surface area contributed by atoms with E-state index < -0.39 is 11.6 Å². The second-order valence-corrected chi connectivity index (χ2v) is 6.99. The van der Waals surface area contributed by atoms with Gasteiger partial charge in [-0.15, -0.1) is 0 Å². The van der Waals surface area contributed by atoms with Crippen molar-refractivity contribution in [1.82, 2.24) is 5.32 Å². The lowest BCUT2D eigenvalue weighted by molar-refractivity contribution is -0.126. The van der Waals surface area contributed by atoms with Crippen LogP contribution in [0.4, 0.5) is 0 Å². The molecule has 0 bridgehead atoms. The average Bonchev–Trinajstić information content (AvgIpc) is 2.23.